The van der Waals surface area contributed by atoms with E-state index >= 15 is 0 Å². The van der Waals surface area contributed by atoms with Crippen LogP contribution in [0.1, 0.15) is 44.9 Å². The first-order chi connectivity index (χ1) is 6.23. The zero-order valence-corrected chi connectivity index (χ0v) is 7.88. The smallest absolute Gasteiger partial charge is 0.220 e. The number of rotatable bonds is 0. The Morgan fingerprint density at radius 2 is 2.08 bits per heavy atom. The topological polar surface area (TPSA) is 49.3 Å². The SMILES string of the molecule is O=C1CCC[C@]2(CCCC[C@H]2O)N1. The molecule has 0 aromatic heterocycles. The van der Waals surface area contributed by atoms with Crippen molar-refractivity contribution in [2.75, 3.05) is 0 Å². The highest BCUT2D eigenvalue weighted by Gasteiger charge is 2.42. The van der Waals surface area contributed by atoms with Crippen molar-refractivity contribution >= 4 is 5.91 Å². The van der Waals surface area contributed by atoms with Gasteiger partial charge in [-0.25, -0.2) is 0 Å². The molecule has 1 saturated heterocycles. The van der Waals surface area contributed by atoms with Gasteiger partial charge in [0.1, 0.15) is 0 Å². The fraction of sp³-hybridized carbons (Fsp3) is 0.900. The molecule has 74 valence electrons. The number of hydrogen-bond acceptors (Lipinski definition) is 2. The van der Waals surface area contributed by atoms with Crippen molar-refractivity contribution in [3.8, 4) is 0 Å². The molecule has 2 fully saturated rings. The zero-order chi connectivity index (χ0) is 9.31. The van der Waals surface area contributed by atoms with E-state index in [0.29, 0.717) is 6.42 Å². The Bertz CT molecular complexity index is 213. The molecule has 0 bridgehead atoms. The van der Waals surface area contributed by atoms with E-state index in [2.05, 4.69) is 5.32 Å². The van der Waals surface area contributed by atoms with Gasteiger partial charge in [0.2, 0.25) is 5.91 Å². The lowest BCUT2D eigenvalue weighted by molar-refractivity contribution is -0.129. The van der Waals surface area contributed by atoms with Crippen molar-refractivity contribution < 1.29 is 9.90 Å². The molecule has 2 N–H and O–H groups in total. The molecule has 2 rings (SSSR count). The number of aliphatic hydroxyl groups excluding tert-OH is 1. The maximum Gasteiger partial charge on any atom is 0.220 e. The third-order valence-electron chi connectivity index (χ3n) is 3.40. The summed E-state index contributed by atoms with van der Waals surface area (Å²) in [6.07, 6.45) is 6.25. The van der Waals surface area contributed by atoms with Crippen LogP contribution in [-0.2, 0) is 4.79 Å². The summed E-state index contributed by atoms with van der Waals surface area (Å²) in [6.45, 7) is 0. The first-order valence-corrected chi connectivity index (χ1v) is 5.22. The van der Waals surface area contributed by atoms with Crippen LogP contribution in [0.4, 0.5) is 0 Å². The van der Waals surface area contributed by atoms with Gasteiger partial charge >= 0.3 is 0 Å². The van der Waals surface area contributed by atoms with Crippen LogP contribution in [-0.4, -0.2) is 22.7 Å². The van der Waals surface area contributed by atoms with Crippen LogP contribution in [0.2, 0.25) is 0 Å². The van der Waals surface area contributed by atoms with Crippen LogP contribution in [0.15, 0.2) is 0 Å². The normalized spacial score (nSPS) is 40.4. The Hall–Kier alpha value is -0.570. The number of carbonyl (C=O) groups is 1. The van der Waals surface area contributed by atoms with Gasteiger partial charge in [-0.15, -0.1) is 0 Å². The summed E-state index contributed by atoms with van der Waals surface area (Å²) in [4.78, 5) is 11.3. The molecule has 2 aliphatic rings. The van der Waals surface area contributed by atoms with Gasteiger partial charge in [-0.1, -0.05) is 12.8 Å². The third-order valence-corrected chi connectivity index (χ3v) is 3.40. The fourth-order valence-corrected chi connectivity index (χ4v) is 2.63. The highest BCUT2D eigenvalue weighted by atomic mass is 16.3. The molecule has 0 aromatic rings. The zero-order valence-electron chi connectivity index (χ0n) is 7.88. The highest BCUT2D eigenvalue weighted by Crippen LogP contribution is 2.34. The molecule has 0 radical (unpaired) electrons. The molecule has 3 heteroatoms. The van der Waals surface area contributed by atoms with Gasteiger partial charge in [0.25, 0.3) is 0 Å². The summed E-state index contributed by atoms with van der Waals surface area (Å²) in [5.74, 6) is 0.118. The average molecular weight is 183 g/mol. The van der Waals surface area contributed by atoms with E-state index in [-0.39, 0.29) is 17.6 Å². The van der Waals surface area contributed by atoms with E-state index < -0.39 is 0 Å². The van der Waals surface area contributed by atoms with Crippen LogP contribution in [0, 0.1) is 0 Å². The predicted octanol–water partition coefficient (Wildman–Crippen LogP) is 0.960. The molecule has 1 heterocycles. The Kier molecular flexibility index (Phi) is 2.28. The lowest BCUT2D eigenvalue weighted by Gasteiger charge is -2.44. The van der Waals surface area contributed by atoms with E-state index in [1.807, 2.05) is 0 Å². The lowest BCUT2D eigenvalue weighted by atomic mass is 9.74. The first kappa shape index (κ1) is 9.00. The second-order valence-corrected chi connectivity index (χ2v) is 4.32. The van der Waals surface area contributed by atoms with Gasteiger partial charge in [0.15, 0.2) is 0 Å². The molecule has 2 atom stereocenters. The molecular weight excluding hydrogens is 166 g/mol. The lowest BCUT2D eigenvalue weighted by Crippen LogP contribution is -2.60. The van der Waals surface area contributed by atoms with Gasteiger partial charge in [-0.05, 0) is 25.7 Å². The summed E-state index contributed by atoms with van der Waals surface area (Å²) in [5.41, 5.74) is -0.256. The van der Waals surface area contributed by atoms with E-state index in [1.54, 1.807) is 0 Å². The second-order valence-electron chi connectivity index (χ2n) is 4.32. The summed E-state index contributed by atoms with van der Waals surface area (Å²) in [7, 11) is 0. The standard InChI is InChI=1S/C10H17NO2/c12-8-4-1-2-6-10(8)7-3-5-9(13)11-10/h8,12H,1-7H2,(H,11,13)/t8-,10+/m1/s1. The van der Waals surface area contributed by atoms with Crippen LogP contribution >= 0.6 is 0 Å². The van der Waals surface area contributed by atoms with Gasteiger partial charge < -0.3 is 10.4 Å². The molecule has 1 saturated carbocycles. The summed E-state index contributed by atoms with van der Waals surface area (Å²) < 4.78 is 0. The number of carbonyl (C=O) groups excluding carboxylic acids is 1. The quantitative estimate of drug-likeness (QED) is 0.587. The first-order valence-electron chi connectivity index (χ1n) is 5.22. The van der Waals surface area contributed by atoms with Crippen molar-refractivity contribution in [3.63, 3.8) is 0 Å². The minimum Gasteiger partial charge on any atom is -0.391 e. The predicted molar refractivity (Wildman–Crippen MR) is 49.2 cm³/mol. The van der Waals surface area contributed by atoms with Crippen molar-refractivity contribution in [1.29, 1.82) is 0 Å². The second kappa shape index (κ2) is 3.29. The van der Waals surface area contributed by atoms with Gasteiger partial charge in [0, 0.05) is 6.42 Å². The van der Waals surface area contributed by atoms with E-state index in [9.17, 15) is 9.90 Å². The van der Waals surface area contributed by atoms with Crippen molar-refractivity contribution in [1.82, 2.24) is 5.32 Å². The Morgan fingerprint density at radius 1 is 1.31 bits per heavy atom. The molecule has 0 aromatic carbocycles. The molecule has 1 aliphatic carbocycles. The number of hydrogen-bond donors (Lipinski definition) is 2. The van der Waals surface area contributed by atoms with Crippen LogP contribution in [0.25, 0.3) is 0 Å². The molecular formula is C10H17NO2. The molecule has 13 heavy (non-hydrogen) atoms. The van der Waals surface area contributed by atoms with E-state index in [1.165, 1.54) is 0 Å². The minimum atomic E-state index is -0.314. The largest absolute Gasteiger partial charge is 0.391 e. The Balaban J connectivity index is 2.11. The minimum absolute atomic E-state index is 0.118. The van der Waals surface area contributed by atoms with Crippen LogP contribution < -0.4 is 5.32 Å². The maximum atomic E-state index is 11.3. The van der Waals surface area contributed by atoms with Crippen molar-refractivity contribution in [2.24, 2.45) is 0 Å². The van der Waals surface area contributed by atoms with E-state index in [0.717, 1.165) is 38.5 Å². The average Bonchev–Trinajstić information content (AvgIpc) is 2.11. The van der Waals surface area contributed by atoms with E-state index in [4.69, 9.17) is 0 Å². The maximum absolute atomic E-state index is 11.3. The van der Waals surface area contributed by atoms with Gasteiger partial charge in [-0.2, -0.15) is 0 Å². The third kappa shape index (κ3) is 1.57. The number of aliphatic hydroxyl groups is 1. The Labute approximate surface area is 78.5 Å². The number of nitrogens with one attached hydrogen (secondary N) is 1. The van der Waals surface area contributed by atoms with Crippen molar-refractivity contribution in [3.05, 3.63) is 0 Å². The monoisotopic (exact) mass is 183 g/mol. The van der Waals surface area contributed by atoms with Gasteiger partial charge in [-0.3, -0.25) is 4.79 Å². The van der Waals surface area contributed by atoms with Gasteiger partial charge in [0.05, 0.1) is 11.6 Å². The van der Waals surface area contributed by atoms with Crippen LogP contribution in [0.3, 0.4) is 0 Å². The molecule has 1 spiro atoms. The molecule has 0 unspecified atom stereocenters. The summed E-state index contributed by atoms with van der Waals surface area (Å²) >= 11 is 0. The summed E-state index contributed by atoms with van der Waals surface area (Å²) in [6, 6.07) is 0. The van der Waals surface area contributed by atoms with Crippen LogP contribution in [0.5, 0.6) is 0 Å². The number of amides is 1. The highest BCUT2D eigenvalue weighted by molar-refractivity contribution is 5.77. The molecule has 3 nitrogen and oxygen atoms in total. The van der Waals surface area contributed by atoms with Crippen molar-refractivity contribution in [2.45, 2.75) is 56.6 Å². The summed E-state index contributed by atoms with van der Waals surface area (Å²) in [5, 5.41) is 12.9. The Morgan fingerprint density at radius 3 is 2.77 bits per heavy atom. The fourth-order valence-electron chi connectivity index (χ4n) is 2.63. The molecule has 1 amide bonds. The number of piperidine rings is 1. The molecule has 1 aliphatic heterocycles.